The Morgan fingerprint density at radius 3 is 2.13 bits per heavy atom. The van der Waals surface area contributed by atoms with E-state index in [0.717, 1.165) is 17.8 Å². The van der Waals surface area contributed by atoms with Crippen LogP contribution in [0.2, 0.25) is 0 Å². The average molecular weight is 426 g/mol. The molecule has 0 bridgehead atoms. The first-order chi connectivity index (χ1) is 14.3. The maximum atomic E-state index is 12.2. The van der Waals surface area contributed by atoms with Gasteiger partial charge < -0.3 is 20.3 Å². The van der Waals surface area contributed by atoms with Crippen LogP contribution >= 0.6 is 11.8 Å². The van der Waals surface area contributed by atoms with E-state index in [1.54, 1.807) is 30.3 Å². The molecule has 3 rings (SSSR count). The monoisotopic (exact) mass is 426 g/mol. The van der Waals surface area contributed by atoms with Crippen molar-refractivity contribution in [1.82, 2.24) is 5.32 Å². The van der Waals surface area contributed by atoms with Crippen molar-refractivity contribution in [2.24, 2.45) is 4.99 Å². The second kappa shape index (κ2) is 8.62. The van der Waals surface area contributed by atoms with E-state index in [-0.39, 0.29) is 22.0 Å². The Bertz CT molecular complexity index is 1090. The summed E-state index contributed by atoms with van der Waals surface area (Å²) in [5.74, 6) is -3.47. The van der Waals surface area contributed by atoms with Crippen LogP contribution in [0.5, 0.6) is 0 Å². The fourth-order valence-electron chi connectivity index (χ4n) is 2.51. The molecule has 1 heterocycles. The number of carboxylic acids is 2. The zero-order chi connectivity index (χ0) is 21.8. The molecule has 30 heavy (non-hydrogen) atoms. The molecule has 1 fully saturated rings. The molecule has 9 nitrogen and oxygen atoms in total. The fraction of sp³-hybridized carbons (Fsp3) is 0.0500. The number of carbonyl (C=O) groups excluding carboxylic acids is 2. The van der Waals surface area contributed by atoms with Gasteiger partial charge in [0.1, 0.15) is 0 Å². The average Bonchev–Trinajstić information content (AvgIpc) is 3.06. The fourth-order valence-corrected chi connectivity index (χ4v) is 3.35. The molecule has 0 radical (unpaired) electrons. The normalized spacial score (nSPS) is 15.8. The standard InChI is InChI=1S/C20H14N2O7S/c1-29-19(28)11-4-2-10(3-5-11)6-15-16(23)22-20(30-15)21-14-8-12(17(24)25)7-13(9-14)18(26)27/h2-9H,1H3,(H,24,25)(H,26,27)(H,21,22,23)/b15-6-. The molecule has 0 unspecified atom stereocenters. The predicted octanol–water partition coefficient (Wildman–Crippen LogP) is 2.76. The number of aromatic carboxylic acids is 2. The molecule has 0 spiro atoms. The molecule has 1 amide bonds. The number of nitrogens with zero attached hydrogens (tertiary/aromatic N) is 1. The van der Waals surface area contributed by atoms with E-state index < -0.39 is 23.8 Å². The number of methoxy groups -OCH3 is 1. The Hall–Kier alpha value is -3.92. The number of aliphatic imine (C=N–C) groups is 1. The summed E-state index contributed by atoms with van der Waals surface area (Å²) in [4.78, 5) is 50.6. The molecule has 2 aromatic rings. The molecular weight excluding hydrogens is 412 g/mol. The summed E-state index contributed by atoms with van der Waals surface area (Å²) in [6, 6.07) is 9.88. The number of amides is 1. The Morgan fingerprint density at radius 2 is 1.60 bits per heavy atom. The minimum absolute atomic E-state index is 0.0822. The van der Waals surface area contributed by atoms with Crippen molar-refractivity contribution >= 4 is 52.5 Å². The lowest BCUT2D eigenvalue weighted by Gasteiger charge is -2.02. The molecule has 0 saturated carbocycles. The van der Waals surface area contributed by atoms with E-state index in [0.29, 0.717) is 16.0 Å². The highest BCUT2D eigenvalue weighted by molar-refractivity contribution is 8.18. The van der Waals surface area contributed by atoms with Crippen molar-refractivity contribution in [1.29, 1.82) is 0 Å². The zero-order valence-corrected chi connectivity index (χ0v) is 16.2. The molecule has 3 N–H and O–H groups in total. The Labute approximate surface area is 174 Å². The lowest BCUT2D eigenvalue weighted by atomic mass is 10.1. The highest BCUT2D eigenvalue weighted by Gasteiger charge is 2.24. The van der Waals surface area contributed by atoms with E-state index in [1.807, 2.05) is 0 Å². The van der Waals surface area contributed by atoms with E-state index >= 15 is 0 Å². The van der Waals surface area contributed by atoms with Crippen LogP contribution < -0.4 is 5.32 Å². The first kappa shape index (κ1) is 20.8. The third-order valence-electron chi connectivity index (χ3n) is 3.92. The summed E-state index contributed by atoms with van der Waals surface area (Å²) in [5, 5.41) is 21.0. The van der Waals surface area contributed by atoms with Gasteiger partial charge in [0.05, 0.1) is 34.4 Å². The number of ether oxygens (including phenoxy) is 1. The van der Waals surface area contributed by atoms with Gasteiger partial charge >= 0.3 is 17.9 Å². The third kappa shape index (κ3) is 4.73. The van der Waals surface area contributed by atoms with Crippen LogP contribution in [-0.4, -0.2) is 46.3 Å². The van der Waals surface area contributed by atoms with E-state index in [4.69, 9.17) is 10.2 Å². The highest BCUT2D eigenvalue weighted by Crippen LogP contribution is 2.29. The van der Waals surface area contributed by atoms with Crippen LogP contribution in [-0.2, 0) is 9.53 Å². The third-order valence-corrected chi connectivity index (χ3v) is 4.83. The van der Waals surface area contributed by atoms with Crippen molar-refractivity contribution in [3.05, 3.63) is 69.6 Å². The van der Waals surface area contributed by atoms with Gasteiger partial charge in [0, 0.05) is 0 Å². The number of nitrogens with one attached hydrogen (secondary N) is 1. The number of hydrogen-bond donors (Lipinski definition) is 3. The van der Waals surface area contributed by atoms with Gasteiger partial charge in [-0.3, -0.25) is 4.79 Å². The second-order valence-corrected chi connectivity index (χ2v) is 7.00. The molecule has 0 aromatic heterocycles. The van der Waals surface area contributed by atoms with Gasteiger partial charge in [-0.2, -0.15) is 0 Å². The van der Waals surface area contributed by atoms with Crippen LogP contribution in [0.1, 0.15) is 36.6 Å². The minimum Gasteiger partial charge on any atom is -0.478 e. The van der Waals surface area contributed by atoms with Crippen molar-refractivity contribution < 1.29 is 34.1 Å². The van der Waals surface area contributed by atoms with Crippen LogP contribution in [0.25, 0.3) is 6.08 Å². The number of amidine groups is 1. The smallest absolute Gasteiger partial charge is 0.337 e. The van der Waals surface area contributed by atoms with Gasteiger partial charge in [-0.15, -0.1) is 0 Å². The summed E-state index contributed by atoms with van der Waals surface area (Å²) in [7, 11) is 1.28. The maximum absolute atomic E-state index is 12.2. The molecule has 1 aliphatic heterocycles. The van der Waals surface area contributed by atoms with Crippen molar-refractivity contribution in [2.45, 2.75) is 0 Å². The van der Waals surface area contributed by atoms with E-state index in [1.165, 1.54) is 19.2 Å². The van der Waals surface area contributed by atoms with E-state index in [2.05, 4.69) is 15.0 Å². The van der Waals surface area contributed by atoms with Crippen LogP contribution in [0, 0.1) is 0 Å². The number of hydrogen-bond acceptors (Lipinski definition) is 7. The predicted molar refractivity (Wildman–Crippen MR) is 109 cm³/mol. The van der Waals surface area contributed by atoms with Gasteiger partial charge in [0.15, 0.2) is 5.17 Å². The lowest BCUT2D eigenvalue weighted by molar-refractivity contribution is -0.115. The van der Waals surface area contributed by atoms with Crippen molar-refractivity contribution in [3.63, 3.8) is 0 Å². The summed E-state index contributed by atoms with van der Waals surface area (Å²) in [6.45, 7) is 0. The van der Waals surface area contributed by atoms with Crippen molar-refractivity contribution in [2.75, 3.05) is 7.11 Å². The molecule has 2 aromatic carbocycles. The summed E-state index contributed by atoms with van der Waals surface area (Å²) in [6.07, 6.45) is 1.60. The summed E-state index contributed by atoms with van der Waals surface area (Å²) in [5.41, 5.74) is 0.661. The van der Waals surface area contributed by atoms with E-state index in [9.17, 15) is 19.2 Å². The van der Waals surface area contributed by atoms with Crippen molar-refractivity contribution in [3.8, 4) is 0 Å². The lowest BCUT2D eigenvalue weighted by Crippen LogP contribution is -2.19. The maximum Gasteiger partial charge on any atom is 0.337 e. The second-order valence-electron chi connectivity index (χ2n) is 5.97. The summed E-state index contributed by atoms with van der Waals surface area (Å²) < 4.78 is 4.63. The Balaban J connectivity index is 1.85. The number of benzene rings is 2. The first-order valence-corrected chi connectivity index (χ1v) is 9.18. The number of carboxylic acid groups (broad SMARTS) is 2. The van der Waals surface area contributed by atoms with Crippen LogP contribution in [0.4, 0.5) is 5.69 Å². The molecule has 1 aliphatic rings. The summed E-state index contributed by atoms with van der Waals surface area (Å²) >= 11 is 1.02. The Kier molecular flexibility index (Phi) is 5.98. The molecule has 10 heteroatoms. The molecular formula is C20H14N2O7S. The quantitative estimate of drug-likeness (QED) is 0.489. The van der Waals surface area contributed by atoms with Gasteiger partial charge in [0.25, 0.3) is 5.91 Å². The number of thioether (sulfide) groups is 1. The van der Waals surface area contributed by atoms with Crippen LogP contribution in [0.15, 0.2) is 52.4 Å². The Morgan fingerprint density at radius 1 is 1.00 bits per heavy atom. The number of esters is 1. The molecule has 1 saturated heterocycles. The molecule has 0 atom stereocenters. The number of rotatable bonds is 5. The minimum atomic E-state index is -1.29. The largest absolute Gasteiger partial charge is 0.478 e. The SMILES string of the molecule is COC(=O)c1ccc(/C=C2\SC(=Nc3cc(C(=O)O)cc(C(=O)O)c3)NC2=O)cc1. The van der Waals surface area contributed by atoms with Gasteiger partial charge in [0.2, 0.25) is 0 Å². The van der Waals surface area contributed by atoms with Gasteiger partial charge in [-0.05, 0) is 53.7 Å². The number of carbonyl (C=O) groups is 4. The van der Waals surface area contributed by atoms with Gasteiger partial charge in [-0.1, -0.05) is 12.1 Å². The molecule has 0 aliphatic carbocycles. The van der Waals surface area contributed by atoms with Gasteiger partial charge in [-0.25, -0.2) is 19.4 Å². The topological polar surface area (TPSA) is 142 Å². The zero-order valence-electron chi connectivity index (χ0n) is 15.4. The first-order valence-electron chi connectivity index (χ1n) is 8.36. The molecule has 152 valence electrons. The highest BCUT2D eigenvalue weighted by atomic mass is 32.2. The van der Waals surface area contributed by atoms with Crippen LogP contribution in [0.3, 0.4) is 0 Å².